The molecule has 128 valence electrons. The maximum Gasteiger partial charge on any atom is 0.282 e. The average molecular weight is 335 g/mol. The largest absolute Gasteiger partial charge is 0.365 e. The summed E-state index contributed by atoms with van der Waals surface area (Å²) >= 11 is 0. The number of hydrogen-bond donors (Lipinski definition) is 1. The van der Waals surface area contributed by atoms with Crippen molar-refractivity contribution in [3.05, 3.63) is 42.2 Å². The molecule has 2 atom stereocenters. The van der Waals surface area contributed by atoms with Crippen molar-refractivity contribution in [3.63, 3.8) is 0 Å². The van der Waals surface area contributed by atoms with Crippen molar-refractivity contribution in [3.8, 4) is 5.69 Å². The third kappa shape index (κ3) is 3.31. The Hall–Kier alpha value is -2.28. The second-order valence-electron chi connectivity index (χ2n) is 5.71. The van der Waals surface area contributed by atoms with Crippen molar-refractivity contribution in [1.82, 2.24) is 9.78 Å². The summed E-state index contributed by atoms with van der Waals surface area (Å²) in [7, 11) is 0. The first kappa shape index (κ1) is 16.6. The maximum atomic E-state index is 13.5. The van der Waals surface area contributed by atoms with Gasteiger partial charge in [-0.3, -0.25) is 4.79 Å². The van der Waals surface area contributed by atoms with Crippen molar-refractivity contribution >= 4 is 11.6 Å². The Morgan fingerprint density at radius 3 is 2.75 bits per heavy atom. The number of alkyl halides is 2. The molecule has 1 fully saturated rings. The zero-order chi connectivity index (χ0) is 17.1. The first-order valence-electron chi connectivity index (χ1n) is 7.98. The van der Waals surface area contributed by atoms with Crippen LogP contribution in [0, 0.1) is 0 Å². The van der Waals surface area contributed by atoms with Crippen molar-refractivity contribution in [2.45, 2.75) is 44.8 Å². The summed E-state index contributed by atoms with van der Waals surface area (Å²) in [4.78, 5) is 12.3. The maximum absolute atomic E-state index is 13.5. The van der Waals surface area contributed by atoms with E-state index < -0.39 is 18.4 Å². The molecule has 2 aromatic rings. The van der Waals surface area contributed by atoms with Crippen LogP contribution in [0.3, 0.4) is 0 Å². The fourth-order valence-electron chi connectivity index (χ4n) is 2.85. The predicted molar refractivity (Wildman–Crippen MR) is 85.3 cm³/mol. The molecule has 0 aliphatic carbocycles. The number of anilines is 1. The van der Waals surface area contributed by atoms with E-state index >= 15 is 0 Å². The Morgan fingerprint density at radius 2 is 2.12 bits per heavy atom. The zero-order valence-corrected chi connectivity index (χ0v) is 13.3. The molecule has 1 aromatic carbocycles. The monoisotopic (exact) mass is 335 g/mol. The molecule has 0 unspecified atom stereocenters. The van der Waals surface area contributed by atoms with Crippen LogP contribution >= 0.6 is 0 Å². The third-order valence-corrected chi connectivity index (χ3v) is 4.13. The second kappa shape index (κ2) is 7.09. The Bertz CT molecular complexity index is 703. The molecule has 0 radical (unpaired) electrons. The summed E-state index contributed by atoms with van der Waals surface area (Å²) in [5.41, 5.74) is 0.193. The highest BCUT2D eigenvalue weighted by molar-refractivity contribution is 5.94. The number of rotatable bonds is 5. The number of hydrogen-bond acceptors (Lipinski definition) is 3. The van der Waals surface area contributed by atoms with Gasteiger partial charge in [-0.25, -0.2) is 13.5 Å². The standard InChI is InChI=1S/C17H19F2N3O2/c1-2-12-8-9-14(24-12)17(23)21-13-10-20-22(15(13)16(18)19)11-6-4-3-5-7-11/h3-7,10,12,14,16H,2,8-9H2,1H3,(H,21,23)/t12-,14+/m1/s1. The van der Waals surface area contributed by atoms with E-state index in [-0.39, 0.29) is 17.5 Å². The minimum Gasteiger partial charge on any atom is -0.365 e. The van der Waals surface area contributed by atoms with Crippen LogP contribution in [0.25, 0.3) is 5.69 Å². The fourth-order valence-corrected chi connectivity index (χ4v) is 2.85. The smallest absolute Gasteiger partial charge is 0.282 e. The van der Waals surface area contributed by atoms with Crippen molar-refractivity contribution < 1.29 is 18.3 Å². The molecule has 0 saturated carbocycles. The van der Waals surface area contributed by atoms with Crippen molar-refractivity contribution in [2.24, 2.45) is 0 Å². The molecule has 1 aromatic heterocycles. The molecular formula is C17H19F2N3O2. The number of carbonyl (C=O) groups excluding carboxylic acids is 1. The van der Waals surface area contributed by atoms with Gasteiger partial charge in [-0.15, -0.1) is 0 Å². The summed E-state index contributed by atoms with van der Waals surface area (Å²) in [6.45, 7) is 1.99. The van der Waals surface area contributed by atoms with Crippen molar-refractivity contribution in [1.29, 1.82) is 0 Å². The van der Waals surface area contributed by atoms with Crippen LogP contribution in [0.2, 0.25) is 0 Å². The van der Waals surface area contributed by atoms with Crippen LogP contribution in [-0.4, -0.2) is 27.9 Å². The minimum absolute atomic E-state index is 0.0161. The van der Waals surface area contributed by atoms with E-state index in [4.69, 9.17) is 4.74 Å². The van der Waals surface area contributed by atoms with Crippen LogP contribution in [0.5, 0.6) is 0 Å². The molecule has 2 heterocycles. The second-order valence-corrected chi connectivity index (χ2v) is 5.71. The van der Waals surface area contributed by atoms with Gasteiger partial charge < -0.3 is 10.1 Å². The number of nitrogens with zero attached hydrogens (tertiary/aromatic N) is 2. The molecule has 7 heteroatoms. The number of benzene rings is 1. The molecule has 1 aliphatic rings. The molecule has 0 bridgehead atoms. The van der Waals surface area contributed by atoms with Crippen LogP contribution in [0.15, 0.2) is 36.5 Å². The van der Waals surface area contributed by atoms with E-state index in [1.165, 1.54) is 6.20 Å². The number of halogens is 2. The van der Waals surface area contributed by atoms with Gasteiger partial charge in [0, 0.05) is 0 Å². The predicted octanol–water partition coefficient (Wildman–Crippen LogP) is 3.71. The fraction of sp³-hybridized carbons (Fsp3) is 0.412. The highest BCUT2D eigenvalue weighted by Crippen LogP contribution is 2.30. The topological polar surface area (TPSA) is 56.2 Å². The van der Waals surface area contributed by atoms with E-state index in [1.807, 2.05) is 6.92 Å². The van der Waals surface area contributed by atoms with E-state index in [0.717, 1.165) is 17.5 Å². The molecule has 3 rings (SSSR count). The molecule has 1 aliphatic heterocycles. The van der Waals surface area contributed by atoms with Gasteiger partial charge in [0.25, 0.3) is 12.3 Å². The normalized spacial score (nSPS) is 20.5. The molecule has 1 saturated heterocycles. The Morgan fingerprint density at radius 1 is 1.38 bits per heavy atom. The van der Waals surface area contributed by atoms with Crippen LogP contribution in [0.4, 0.5) is 14.5 Å². The molecule has 24 heavy (non-hydrogen) atoms. The summed E-state index contributed by atoms with van der Waals surface area (Å²) in [6, 6.07) is 8.62. The average Bonchev–Trinajstić information content (AvgIpc) is 3.22. The number of amides is 1. The van der Waals surface area contributed by atoms with Gasteiger partial charge >= 0.3 is 0 Å². The van der Waals surface area contributed by atoms with Gasteiger partial charge in [-0.2, -0.15) is 5.10 Å². The van der Waals surface area contributed by atoms with Crippen LogP contribution < -0.4 is 5.32 Å². The number of ether oxygens (including phenoxy) is 1. The Balaban J connectivity index is 1.81. The quantitative estimate of drug-likeness (QED) is 0.906. The third-order valence-electron chi connectivity index (χ3n) is 4.13. The van der Waals surface area contributed by atoms with E-state index in [2.05, 4.69) is 10.4 Å². The Kier molecular flexibility index (Phi) is 4.89. The number of aromatic nitrogens is 2. The lowest BCUT2D eigenvalue weighted by Gasteiger charge is -2.13. The Labute approximate surface area is 138 Å². The van der Waals surface area contributed by atoms with Gasteiger partial charge in [0.1, 0.15) is 11.8 Å². The van der Waals surface area contributed by atoms with Crippen LogP contribution in [0.1, 0.15) is 38.3 Å². The van der Waals surface area contributed by atoms with Crippen molar-refractivity contribution in [2.75, 3.05) is 5.32 Å². The van der Waals surface area contributed by atoms with Crippen LogP contribution in [-0.2, 0) is 9.53 Å². The lowest BCUT2D eigenvalue weighted by Crippen LogP contribution is -2.28. The van der Waals surface area contributed by atoms with Gasteiger partial charge in [0.05, 0.1) is 23.7 Å². The van der Waals surface area contributed by atoms with E-state index in [9.17, 15) is 13.6 Å². The minimum atomic E-state index is -2.77. The van der Waals surface area contributed by atoms with Gasteiger partial charge in [0.15, 0.2) is 0 Å². The summed E-state index contributed by atoms with van der Waals surface area (Å²) in [5.74, 6) is -0.402. The first-order chi connectivity index (χ1) is 11.6. The molecular weight excluding hydrogens is 316 g/mol. The highest BCUT2D eigenvalue weighted by Gasteiger charge is 2.31. The number of nitrogens with one attached hydrogen (secondary N) is 1. The SMILES string of the molecule is CC[C@@H]1CC[C@@H](C(=O)Nc2cnn(-c3ccccc3)c2C(F)F)O1. The van der Waals surface area contributed by atoms with E-state index in [1.54, 1.807) is 30.3 Å². The zero-order valence-electron chi connectivity index (χ0n) is 13.3. The summed E-state index contributed by atoms with van der Waals surface area (Å²) in [6.07, 6.45) is 0.177. The number of para-hydroxylation sites is 1. The van der Waals surface area contributed by atoms with E-state index in [0.29, 0.717) is 12.1 Å². The van der Waals surface area contributed by atoms with Gasteiger partial charge in [-0.1, -0.05) is 25.1 Å². The summed E-state index contributed by atoms with van der Waals surface area (Å²) < 4.78 is 33.8. The molecule has 1 amide bonds. The molecule has 5 nitrogen and oxygen atoms in total. The number of carbonyl (C=O) groups is 1. The summed E-state index contributed by atoms with van der Waals surface area (Å²) in [5, 5.41) is 6.54. The molecule has 1 N–H and O–H groups in total. The van der Waals surface area contributed by atoms with Gasteiger partial charge in [-0.05, 0) is 31.4 Å². The lowest BCUT2D eigenvalue weighted by molar-refractivity contribution is -0.126. The lowest BCUT2D eigenvalue weighted by atomic mass is 10.1. The van der Waals surface area contributed by atoms with Gasteiger partial charge in [0.2, 0.25) is 0 Å². The first-order valence-corrected chi connectivity index (χ1v) is 7.98. The molecule has 0 spiro atoms. The highest BCUT2D eigenvalue weighted by atomic mass is 19.3.